The van der Waals surface area contributed by atoms with Gasteiger partial charge in [-0.25, -0.2) is 12.7 Å². The zero-order valence-electron chi connectivity index (χ0n) is 15.9. The zero-order valence-corrected chi connectivity index (χ0v) is 16.7. The molecule has 0 aromatic heterocycles. The number of nitrogens with one attached hydrogen (secondary N) is 2. The van der Waals surface area contributed by atoms with Crippen LogP contribution in [0.2, 0.25) is 0 Å². The Bertz CT molecular complexity index is 774. The number of ether oxygens (including phenoxy) is 2. The summed E-state index contributed by atoms with van der Waals surface area (Å²) in [6.45, 7) is 3.03. The van der Waals surface area contributed by atoms with Gasteiger partial charge in [-0.3, -0.25) is 4.99 Å². The maximum Gasteiger partial charge on any atom is 0.231 e. The van der Waals surface area contributed by atoms with Gasteiger partial charge in [-0.1, -0.05) is 6.07 Å². The van der Waals surface area contributed by atoms with Crippen LogP contribution in [0.5, 0.6) is 11.5 Å². The summed E-state index contributed by atoms with van der Waals surface area (Å²) in [5.74, 6) is 2.82. The van der Waals surface area contributed by atoms with Crippen molar-refractivity contribution in [3.63, 3.8) is 0 Å². The Labute approximate surface area is 161 Å². The number of aliphatic imine (C=N–C) groups is 1. The van der Waals surface area contributed by atoms with E-state index in [1.54, 1.807) is 11.4 Å². The van der Waals surface area contributed by atoms with Crippen LogP contribution >= 0.6 is 0 Å². The molecule has 2 aliphatic rings. The maximum absolute atomic E-state index is 11.6. The molecule has 0 aliphatic carbocycles. The van der Waals surface area contributed by atoms with E-state index >= 15 is 0 Å². The van der Waals surface area contributed by atoms with Gasteiger partial charge in [0.2, 0.25) is 16.8 Å². The molecule has 8 nitrogen and oxygen atoms in total. The minimum Gasteiger partial charge on any atom is -0.454 e. The van der Waals surface area contributed by atoms with Crippen LogP contribution in [0.1, 0.15) is 18.4 Å². The van der Waals surface area contributed by atoms with Crippen molar-refractivity contribution in [3.05, 3.63) is 23.8 Å². The first-order valence-corrected chi connectivity index (χ1v) is 11.1. The first kappa shape index (κ1) is 19.8. The Morgan fingerprint density at radius 1 is 1.22 bits per heavy atom. The predicted octanol–water partition coefficient (Wildman–Crippen LogP) is 0.794. The Hall–Kier alpha value is -2.00. The van der Waals surface area contributed by atoms with Gasteiger partial charge in [-0.05, 0) is 42.9 Å². The number of benzene rings is 1. The van der Waals surface area contributed by atoms with Crippen LogP contribution in [-0.4, -0.2) is 65.0 Å². The minimum absolute atomic E-state index is 0.288. The summed E-state index contributed by atoms with van der Waals surface area (Å²) in [6, 6.07) is 5.99. The molecule has 2 aliphatic heterocycles. The molecule has 1 aromatic carbocycles. The first-order chi connectivity index (χ1) is 13.0. The number of hydrogen-bond donors (Lipinski definition) is 2. The van der Waals surface area contributed by atoms with Crippen LogP contribution < -0.4 is 20.1 Å². The van der Waals surface area contributed by atoms with Crippen LogP contribution in [0, 0.1) is 5.92 Å². The highest BCUT2D eigenvalue weighted by atomic mass is 32.2. The Balaban J connectivity index is 1.37. The molecule has 1 fully saturated rings. The quantitative estimate of drug-likeness (QED) is 0.546. The minimum atomic E-state index is -3.07. The van der Waals surface area contributed by atoms with E-state index in [1.165, 1.54) is 11.8 Å². The number of hydrogen-bond acceptors (Lipinski definition) is 5. The molecule has 3 rings (SSSR count). The van der Waals surface area contributed by atoms with Gasteiger partial charge < -0.3 is 20.1 Å². The molecule has 2 heterocycles. The van der Waals surface area contributed by atoms with Crippen LogP contribution in [0.15, 0.2) is 23.2 Å². The average Bonchev–Trinajstić information content (AvgIpc) is 3.12. The van der Waals surface area contributed by atoms with Crippen molar-refractivity contribution in [3.8, 4) is 11.5 Å². The largest absolute Gasteiger partial charge is 0.454 e. The molecule has 0 saturated carbocycles. The van der Waals surface area contributed by atoms with Gasteiger partial charge in [-0.15, -0.1) is 0 Å². The molecule has 2 N–H and O–H groups in total. The second-order valence-corrected chi connectivity index (χ2v) is 8.91. The molecule has 0 unspecified atom stereocenters. The van der Waals surface area contributed by atoms with E-state index < -0.39 is 10.0 Å². The highest BCUT2D eigenvalue weighted by molar-refractivity contribution is 7.88. The SMILES string of the molecule is CN=C(NCCc1ccc2c(c1)OCO2)NCC1CCN(S(C)(=O)=O)CC1. The second-order valence-electron chi connectivity index (χ2n) is 6.92. The summed E-state index contributed by atoms with van der Waals surface area (Å²) in [5, 5.41) is 6.67. The number of rotatable bonds is 6. The summed E-state index contributed by atoms with van der Waals surface area (Å²) in [4.78, 5) is 4.26. The zero-order chi connectivity index (χ0) is 19.3. The van der Waals surface area contributed by atoms with Crippen molar-refractivity contribution < 1.29 is 17.9 Å². The summed E-state index contributed by atoms with van der Waals surface area (Å²) in [6.07, 6.45) is 3.87. The lowest BCUT2D eigenvalue weighted by Crippen LogP contribution is -2.44. The Morgan fingerprint density at radius 3 is 2.67 bits per heavy atom. The van der Waals surface area contributed by atoms with Gasteiger partial charge in [-0.2, -0.15) is 0 Å². The standard InChI is InChI=1S/C18H28N4O4S/c1-19-18(21-12-15-6-9-22(10-7-15)27(2,23)24)20-8-5-14-3-4-16-17(11-14)26-13-25-16/h3-4,11,15H,5-10,12-13H2,1-2H3,(H2,19,20,21). The second kappa shape index (κ2) is 8.79. The Kier molecular flexibility index (Phi) is 6.43. The van der Waals surface area contributed by atoms with Crippen LogP contribution in [0.3, 0.4) is 0 Å². The number of fused-ring (bicyclic) bond motifs is 1. The van der Waals surface area contributed by atoms with Crippen molar-refractivity contribution in [2.45, 2.75) is 19.3 Å². The number of piperidine rings is 1. The van der Waals surface area contributed by atoms with E-state index in [2.05, 4.69) is 15.6 Å². The van der Waals surface area contributed by atoms with Crippen molar-refractivity contribution in [2.75, 3.05) is 46.3 Å². The third-order valence-electron chi connectivity index (χ3n) is 4.97. The third-order valence-corrected chi connectivity index (χ3v) is 6.27. The molecule has 27 heavy (non-hydrogen) atoms. The van der Waals surface area contributed by atoms with Crippen LogP contribution in [0.4, 0.5) is 0 Å². The normalized spacial score (nSPS) is 18.5. The van der Waals surface area contributed by atoms with Crippen LogP contribution in [-0.2, 0) is 16.4 Å². The molecule has 0 atom stereocenters. The highest BCUT2D eigenvalue weighted by Crippen LogP contribution is 2.32. The molecular formula is C18H28N4O4S. The lowest BCUT2D eigenvalue weighted by Gasteiger charge is -2.30. The summed E-state index contributed by atoms with van der Waals surface area (Å²) in [7, 11) is -1.32. The number of nitrogens with zero attached hydrogens (tertiary/aromatic N) is 2. The summed E-state index contributed by atoms with van der Waals surface area (Å²) < 4.78 is 35.4. The number of sulfonamides is 1. The van der Waals surface area contributed by atoms with E-state index in [-0.39, 0.29) is 6.79 Å². The van der Waals surface area contributed by atoms with Gasteiger partial charge in [0, 0.05) is 33.2 Å². The number of guanidine groups is 1. The van der Waals surface area contributed by atoms with Gasteiger partial charge in [0.05, 0.1) is 6.26 Å². The maximum atomic E-state index is 11.6. The molecule has 1 aromatic rings. The molecule has 0 amide bonds. The lowest BCUT2D eigenvalue weighted by atomic mass is 9.98. The molecule has 0 radical (unpaired) electrons. The molecule has 9 heteroatoms. The average molecular weight is 397 g/mol. The summed E-state index contributed by atoms with van der Waals surface area (Å²) in [5.41, 5.74) is 1.18. The molecule has 1 saturated heterocycles. The smallest absolute Gasteiger partial charge is 0.231 e. The fraction of sp³-hybridized carbons (Fsp3) is 0.611. The van der Waals surface area contributed by atoms with Gasteiger partial charge in [0.25, 0.3) is 0 Å². The van der Waals surface area contributed by atoms with Crippen LogP contribution in [0.25, 0.3) is 0 Å². The van der Waals surface area contributed by atoms with E-state index in [4.69, 9.17) is 9.47 Å². The van der Waals surface area contributed by atoms with E-state index in [9.17, 15) is 8.42 Å². The molecule has 150 valence electrons. The fourth-order valence-electron chi connectivity index (χ4n) is 3.33. The van der Waals surface area contributed by atoms with Crippen molar-refractivity contribution in [2.24, 2.45) is 10.9 Å². The lowest BCUT2D eigenvalue weighted by molar-refractivity contribution is 0.174. The molecule has 0 bridgehead atoms. The van der Waals surface area contributed by atoms with Crippen molar-refractivity contribution >= 4 is 16.0 Å². The Morgan fingerprint density at radius 2 is 1.96 bits per heavy atom. The van der Waals surface area contributed by atoms with Gasteiger partial charge in [0.15, 0.2) is 17.5 Å². The summed E-state index contributed by atoms with van der Waals surface area (Å²) >= 11 is 0. The fourth-order valence-corrected chi connectivity index (χ4v) is 4.20. The predicted molar refractivity (Wildman–Crippen MR) is 105 cm³/mol. The topological polar surface area (TPSA) is 92.3 Å². The van der Waals surface area contributed by atoms with Crippen molar-refractivity contribution in [1.29, 1.82) is 0 Å². The van der Waals surface area contributed by atoms with Gasteiger partial charge >= 0.3 is 0 Å². The third kappa shape index (κ3) is 5.49. The molecular weight excluding hydrogens is 368 g/mol. The van der Waals surface area contributed by atoms with E-state index in [1.807, 2.05) is 18.2 Å². The molecule has 0 spiro atoms. The van der Waals surface area contributed by atoms with E-state index in [0.717, 1.165) is 49.8 Å². The van der Waals surface area contributed by atoms with E-state index in [0.29, 0.717) is 19.0 Å². The monoisotopic (exact) mass is 396 g/mol. The highest BCUT2D eigenvalue weighted by Gasteiger charge is 2.24. The van der Waals surface area contributed by atoms with Gasteiger partial charge in [0.1, 0.15) is 0 Å². The van der Waals surface area contributed by atoms with Crippen molar-refractivity contribution in [1.82, 2.24) is 14.9 Å². The first-order valence-electron chi connectivity index (χ1n) is 9.24.